The Hall–Kier alpha value is -2.30. The summed E-state index contributed by atoms with van der Waals surface area (Å²) >= 11 is 1.01. The van der Waals surface area contributed by atoms with E-state index < -0.39 is 21.8 Å². The third kappa shape index (κ3) is 4.65. The molecule has 1 saturated heterocycles. The SMILES string of the molecule is CN(C)C(=O)c1csc(S(=O)(=O)N2CCC(C(=O)Nc3ccccc3F)CC2)c1. The van der Waals surface area contributed by atoms with Crippen LogP contribution in [-0.2, 0) is 14.8 Å². The summed E-state index contributed by atoms with van der Waals surface area (Å²) in [6, 6.07) is 7.30. The fourth-order valence-electron chi connectivity index (χ4n) is 3.11. The van der Waals surface area contributed by atoms with Crippen LogP contribution >= 0.6 is 11.3 Å². The van der Waals surface area contributed by atoms with Crippen molar-refractivity contribution in [3.05, 3.63) is 47.1 Å². The Kier molecular flexibility index (Phi) is 6.35. The summed E-state index contributed by atoms with van der Waals surface area (Å²) in [5, 5.41) is 4.10. The molecule has 0 unspecified atom stereocenters. The number of thiophene rings is 1. The van der Waals surface area contributed by atoms with Gasteiger partial charge >= 0.3 is 0 Å². The number of anilines is 1. The van der Waals surface area contributed by atoms with Gasteiger partial charge < -0.3 is 10.2 Å². The molecule has 10 heteroatoms. The Morgan fingerprint density at radius 2 is 1.86 bits per heavy atom. The number of amides is 2. The van der Waals surface area contributed by atoms with E-state index in [0.717, 1.165) is 11.3 Å². The van der Waals surface area contributed by atoms with E-state index in [2.05, 4.69) is 5.32 Å². The van der Waals surface area contributed by atoms with Crippen molar-refractivity contribution in [2.45, 2.75) is 17.1 Å². The average Bonchev–Trinajstić information content (AvgIpc) is 3.20. The van der Waals surface area contributed by atoms with Crippen LogP contribution in [0, 0.1) is 11.7 Å². The number of carbonyl (C=O) groups excluding carboxylic acids is 2. The van der Waals surface area contributed by atoms with Crippen molar-refractivity contribution in [1.29, 1.82) is 0 Å². The van der Waals surface area contributed by atoms with Crippen molar-refractivity contribution in [2.75, 3.05) is 32.5 Å². The van der Waals surface area contributed by atoms with Gasteiger partial charge in [0.25, 0.3) is 15.9 Å². The molecule has 29 heavy (non-hydrogen) atoms. The lowest BCUT2D eigenvalue weighted by Gasteiger charge is -2.30. The quantitative estimate of drug-likeness (QED) is 0.776. The summed E-state index contributed by atoms with van der Waals surface area (Å²) in [6.07, 6.45) is 0.683. The average molecular weight is 440 g/mol. The first-order valence-electron chi connectivity index (χ1n) is 9.06. The van der Waals surface area contributed by atoms with Gasteiger partial charge in [-0.1, -0.05) is 12.1 Å². The second-order valence-corrected chi connectivity index (χ2v) is 10.1. The molecule has 1 aliphatic heterocycles. The second-order valence-electron chi connectivity index (χ2n) is 7.00. The van der Waals surface area contributed by atoms with Crippen molar-refractivity contribution >= 4 is 38.9 Å². The monoisotopic (exact) mass is 439 g/mol. The number of nitrogens with zero attached hydrogens (tertiary/aromatic N) is 2. The number of piperidine rings is 1. The Labute approximate surface area is 173 Å². The molecule has 1 aromatic carbocycles. The van der Waals surface area contributed by atoms with Crippen LogP contribution in [0.5, 0.6) is 0 Å². The highest BCUT2D eigenvalue weighted by Gasteiger charge is 2.33. The van der Waals surface area contributed by atoms with Crippen LogP contribution in [0.15, 0.2) is 39.9 Å². The van der Waals surface area contributed by atoms with Crippen LogP contribution in [0.25, 0.3) is 0 Å². The maximum absolute atomic E-state index is 13.7. The van der Waals surface area contributed by atoms with E-state index in [1.165, 1.54) is 38.9 Å². The summed E-state index contributed by atoms with van der Waals surface area (Å²) in [6.45, 7) is 0.374. The topological polar surface area (TPSA) is 86.8 Å². The van der Waals surface area contributed by atoms with Gasteiger partial charge in [0.1, 0.15) is 10.0 Å². The van der Waals surface area contributed by atoms with Gasteiger partial charge in [0.15, 0.2) is 0 Å². The number of para-hydroxylation sites is 1. The molecule has 0 saturated carbocycles. The molecule has 2 aromatic rings. The molecule has 156 valence electrons. The first kappa shape index (κ1) is 21.4. The highest BCUT2D eigenvalue weighted by Crippen LogP contribution is 2.29. The lowest BCUT2D eigenvalue weighted by Crippen LogP contribution is -2.41. The van der Waals surface area contributed by atoms with Gasteiger partial charge in [0.05, 0.1) is 11.3 Å². The molecular weight excluding hydrogens is 417 g/mol. The largest absolute Gasteiger partial charge is 0.345 e. The molecule has 1 N–H and O–H groups in total. The molecule has 1 aromatic heterocycles. The Bertz CT molecular complexity index is 1010. The van der Waals surface area contributed by atoms with E-state index in [4.69, 9.17) is 0 Å². The minimum atomic E-state index is -3.73. The lowest BCUT2D eigenvalue weighted by molar-refractivity contribution is -0.120. The summed E-state index contributed by atoms with van der Waals surface area (Å²) < 4.78 is 40.9. The molecule has 1 aliphatic rings. The molecule has 0 bridgehead atoms. The smallest absolute Gasteiger partial charge is 0.254 e. The number of carbonyl (C=O) groups is 2. The zero-order valence-corrected chi connectivity index (χ0v) is 17.7. The van der Waals surface area contributed by atoms with Crippen LogP contribution in [0.2, 0.25) is 0 Å². The van der Waals surface area contributed by atoms with Crippen LogP contribution in [0.4, 0.5) is 10.1 Å². The van der Waals surface area contributed by atoms with E-state index in [-0.39, 0.29) is 34.8 Å². The van der Waals surface area contributed by atoms with Gasteiger partial charge in [-0.15, -0.1) is 11.3 Å². The van der Waals surface area contributed by atoms with Crippen molar-refractivity contribution in [3.63, 3.8) is 0 Å². The molecule has 2 heterocycles. The second kappa shape index (κ2) is 8.60. The molecule has 0 radical (unpaired) electrons. The normalized spacial score (nSPS) is 15.8. The van der Waals surface area contributed by atoms with Gasteiger partial charge in [-0.25, -0.2) is 12.8 Å². The van der Waals surface area contributed by atoms with Crippen LogP contribution in [0.1, 0.15) is 23.2 Å². The zero-order chi connectivity index (χ0) is 21.2. The van der Waals surface area contributed by atoms with Crippen LogP contribution in [0.3, 0.4) is 0 Å². The number of hydrogen-bond donors (Lipinski definition) is 1. The minimum Gasteiger partial charge on any atom is -0.345 e. The number of rotatable bonds is 5. The van der Waals surface area contributed by atoms with Gasteiger partial charge in [-0.2, -0.15) is 4.31 Å². The van der Waals surface area contributed by atoms with Crippen molar-refractivity contribution in [2.24, 2.45) is 5.92 Å². The number of halogens is 1. The molecule has 0 spiro atoms. The molecule has 2 amide bonds. The summed E-state index contributed by atoms with van der Waals surface area (Å²) in [4.78, 5) is 25.8. The van der Waals surface area contributed by atoms with E-state index >= 15 is 0 Å². The Morgan fingerprint density at radius 1 is 1.21 bits per heavy atom. The van der Waals surface area contributed by atoms with E-state index in [9.17, 15) is 22.4 Å². The summed E-state index contributed by atoms with van der Waals surface area (Å²) in [5.41, 5.74) is 0.446. The van der Waals surface area contributed by atoms with Crippen molar-refractivity contribution in [3.8, 4) is 0 Å². The predicted octanol–water partition coefficient (Wildman–Crippen LogP) is 2.63. The van der Waals surface area contributed by atoms with Crippen molar-refractivity contribution < 1.29 is 22.4 Å². The Balaban J connectivity index is 1.63. The molecule has 1 fully saturated rings. The molecular formula is C19H22FN3O4S2. The third-order valence-corrected chi connectivity index (χ3v) is 8.09. The highest BCUT2D eigenvalue weighted by molar-refractivity contribution is 7.91. The van der Waals surface area contributed by atoms with Crippen LogP contribution in [-0.4, -0.2) is 56.6 Å². The Morgan fingerprint density at radius 3 is 2.48 bits per heavy atom. The number of nitrogens with one attached hydrogen (secondary N) is 1. The predicted molar refractivity (Wildman–Crippen MR) is 109 cm³/mol. The lowest BCUT2D eigenvalue weighted by atomic mass is 9.97. The van der Waals surface area contributed by atoms with Gasteiger partial charge in [-0.3, -0.25) is 9.59 Å². The number of hydrogen-bond acceptors (Lipinski definition) is 5. The molecule has 7 nitrogen and oxygen atoms in total. The maximum atomic E-state index is 13.7. The maximum Gasteiger partial charge on any atom is 0.254 e. The van der Waals surface area contributed by atoms with E-state index in [0.29, 0.717) is 18.4 Å². The molecule has 0 aliphatic carbocycles. The van der Waals surface area contributed by atoms with Crippen molar-refractivity contribution in [1.82, 2.24) is 9.21 Å². The van der Waals surface area contributed by atoms with E-state index in [1.54, 1.807) is 20.2 Å². The standard InChI is InChI=1S/C19H22FN3O4S2/c1-22(2)19(25)14-11-17(28-12-14)29(26,27)23-9-7-13(8-10-23)18(24)21-16-6-4-3-5-15(16)20/h3-6,11-13H,7-10H2,1-2H3,(H,21,24). The molecule has 3 rings (SSSR count). The minimum absolute atomic E-state index is 0.108. The highest BCUT2D eigenvalue weighted by atomic mass is 32.2. The fraction of sp³-hybridized carbons (Fsp3) is 0.368. The van der Waals surface area contributed by atoms with Gasteiger partial charge in [0.2, 0.25) is 5.91 Å². The first-order chi connectivity index (χ1) is 13.7. The van der Waals surface area contributed by atoms with E-state index in [1.807, 2.05) is 0 Å². The number of benzene rings is 1. The third-order valence-electron chi connectivity index (χ3n) is 4.78. The number of sulfonamides is 1. The van der Waals surface area contributed by atoms with Gasteiger partial charge in [-0.05, 0) is 31.0 Å². The fourth-order valence-corrected chi connectivity index (χ4v) is 5.88. The zero-order valence-electron chi connectivity index (χ0n) is 16.1. The first-order valence-corrected chi connectivity index (χ1v) is 11.4. The van der Waals surface area contributed by atoms with Crippen LogP contribution < -0.4 is 5.32 Å². The summed E-state index contributed by atoms with van der Waals surface area (Å²) in [7, 11) is -0.521. The van der Waals surface area contributed by atoms with Gasteiger partial charge in [0, 0.05) is 38.5 Å². The summed E-state index contributed by atoms with van der Waals surface area (Å²) in [5.74, 6) is -1.48. The molecule has 0 atom stereocenters.